The molecule has 1 amide bonds. The number of carbonyl (C=O) groups is 1. The van der Waals surface area contributed by atoms with E-state index in [1.165, 1.54) is 12.1 Å². The first-order valence-corrected chi connectivity index (χ1v) is 6.75. The largest absolute Gasteiger partial charge is 0.416 e. The summed E-state index contributed by atoms with van der Waals surface area (Å²) in [5, 5.41) is 0. The second-order valence-electron chi connectivity index (χ2n) is 5.20. The maximum absolute atomic E-state index is 12.6. The van der Waals surface area contributed by atoms with Crippen LogP contribution in [0.4, 0.5) is 13.2 Å². The van der Waals surface area contributed by atoms with Crippen LogP contribution in [0.2, 0.25) is 0 Å². The van der Waals surface area contributed by atoms with Crippen molar-refractivity contribution in [3.05, 3.63) is 35.4 Å². The summed E-state index contributed by atoms with van der Waals surface area (Å²) in [4.78, 5) is 13.6. The molecule has 0 saturated carbocycles. The number of rotatable bonds is 1. The summed E-state index contributed by atoms with van der Waals surface area (Å²) in [6.45, 7) is 4.17. The lowest BCUT2D eigenvalue weighted by Crippen LogP contribution is -2.30. The van der Waals surface area contributed by atoms with Gasteiger partial charge in [-0.25, -0.2) is 0 Å². The molecule has 0 radical (unpaired) electrons. The molecule has 1 fully saturated rings. The van der Waals surface area contributed by atoms with Crippen LogP contribution in [-0.2, 0) is 11.0 Å². The summed E-state index contributed by atoms with van der Waals surface area (Å²) in [5.74, 6) is 5.00. The van der Waals surface area contributed by atoms with Crippen molar-refractivity contribution in [2.24, 2.45) is 5.92 Å². The van der Waals surface area contributed by atoms with Gasteiger partial charge in [0.2, 0.25) is 0 Å². The zero-order valence-corrected chi connectivity index (χ0v) is 11.9. The van der Waals surface area contributed by atoms with Crippen LogP contribution in [0.25, 0.3) is 0 Å². The van der Waals surface area contributed by atoms with Gasteiger partial charge in [-0.2, -0.15) is 13.2 Å². The number of amides is 1. The van der Waals surface area contributed by atoms with Crippen LogP contribution in [0, 0.1) is 17.8 Å². The molecule has 5 heteroatoms. The van der Waals surface area contributed by atoms with Gasteiger partial charge in [0.1, 0.15) is 0 Å². The lowest BCUT2D eigenvalue weighted by atomic mass is 9.94. The zero-order valence-electron chi connectivity index (χ0n) is 11.9. The number of alkyl halides is 3. The first kappa shape index (κ1) is 15.4. The van der Waals surface area contributed by atoms with Crippen molar-refractivity contribution < 1.29 is 18.0 Å². The highest BCUT2D eigenvalue weighted by Crippen LogP contribution is 2.38. The summed E-state index contributed by atoms with van der Waals surface area (Å²) >= 11 is 0. The van der Waals surface area contributed by atoms with Gasteiger partial charge in [-0.15, -0.1) is 0 Å². The number of hydrogen-bond acceptors (Lipinski definition) is 1. The van der Waals surface area contributed by atoms with Crippen LogP contribution >= 0.6 is 0 Å². The normalized spacial score (nSPS) is 21.9. The number of hydrogen-bond donors (Lipinski definition) is 0. The highest BCUT2D eigenvalue weighted by molar-refractivity contribution is 5.94. The van der Waals surface area contributed by atoms with E-state index in [1.54, 1.807) is 11.8 Å². The smallest absolute Gasteiger partial charge is 0.325 e. The highest BCUT2D eigenvalue weighted by Gasteiger charge is 2.36. The summed E-state index contributed by atoms with van der Waals surface area (Å²) in [7, 11) is 0. The number of carbonyl (C=O) groups excluding carboxylic acids is 1. The third-order valence-electron chi connectivity index (χ3n) is 3.77. The molecule has 0 N–H and O–H groups in total. The molecule has 1 saturated heterocycles. The van der Waals surface area contributed by atoms with Gasteiger partial charge in [0.25, 0.3) is 5.91 Å². The highest BCUT2D eigenvalue weighted by atomic mass is 19.4. The Morgan fingerprint density at radius 2 is 1.90 bits per heavy atom. The predicted molar refractivity (Wildman–Crippen MR) is 73.1 cm³/mol. The zero-order chi connectivity index (χ0) is 15.6. The Hall–Kier alpha value is -1.96. The molecule has 0 spiro atoms. The second-order valence-corrected chi connectivity index (χ2v) is 5.20. The van der Waals surface area contributed by atoms with Crippen LogP contribution in [0.3, 0.4) is 0 Å². The number of likely N-dealkylation sites (tertiary alicyclic amines) is 1. The number of nitrogens with zero attached hydrogens (tertiary/aromatic N) is 1. The van der Waals surface area contributed by atoms with Crippen molar-refractivity contribution in [1.29, 1.82) is 0 Å². The maximum Gasteiger partial charge on any atom is 0.416 e. The van der Waals surface area contributed by atoms with Crippen LogP contribution < -0.4 is 0 Å². The molecular formula is C16H16F3NO. The molecule has 0 bridgehead atoms. The minimum atomic E-state index is -4.34. The molecular weight excluding hydrogens is 279 g/mol. The Labute approximate surface area is 121 Å². The van der Waals surface area contributed by atoms with E-state index < -0.39 is 11.7 Å². The Morgan fingerprint density at radius 1 is 1.29 bits per heavy atom. The summed E-state index contributed by atoms with van der Waals surface area (Å²) < 4.78 is 37.8. The first-order chi connectivity index (χ1) is 9.84. The number of benzene rings is 1. The number of halogens is 3. The molecule has 21 heavy (non-hydrogen) atoms. The molecule has 2 rings (SSSR count). The Bertz CT molecular complexity index is 580. The van der Waals surface area contributed by atoms with Crippen molar-refractivity contribution in [3.63, 3.8) is 0 Å². The van der Waals surface area contributed by atoms with Gasteiger partial charge in [0, 0.05) is 6.54 Å². The summed E-state index contributed by atoms with van der Waals surface area (Å²) in [6, 6.07) is 4.83. The summed E-state index contributed by atoms with van der Waals surface area (Å²) in [6.07, 6.45) is -3.52. The topological polar surface area (TPSA) is 20.3 Å². The van der Waals surface area contributed by atoms with Crippen molar-refractivity contribution in [1.82, 2.24) is 4.90 Å². The van der Waals surface area contributed by atoms with E-state index in [0.29, 0.717) is 6.54 Å². The minimum Gasteiger partial charge on any atom is -0.325 e. The van der Waals surface area contributed by atoms with Crippen molar-refractivity contribution in [2.75, 3.05) is 6.54 Å². The Morgan fingerprint density at radius 3 is 2.43 bits per heavy atom. The Kier molecular flexibility index (Phi) is 4.26. The van der Waals surface area contributed by atoms with Crippen molar-refractivity contribution in [3.8, 4) is 11.8 Å². The molecule has 2 nitrogen and oxygen atoms in total. The van der Waals surface area contributed by atoms with Crippen molar-refractivity contribution >= 4 is 5.91 Å². The molecule has 1 aliphatic rings. The molecule has 112 valence electrons. The lowest BCUT2D eigenvalue weighted by molar-refractivity contribution is -0.137. The SMILES string of the molecule is CC#CC(=O)N1CC[C@@H](C)[C@H]1c1ccc(C(F)(F)F)cc1. The van der Waals surface area contributed by atoms with E-state index in [-0.39, 0.29) is 17.9 Å². The molecule has 0 aromatic heterocycles. The molecule has 1 aromatic rings. The van der Waals surface area contributed by atoms with Gasteiger partial charge in [0.05, 0.1) is 11.6 Å². The monoisotopic (exact) mass is 295 g/mol. The van der Waals surface area contributed by atoms with Gasteiger partial charge in [-0.3, -0.25) is 4.79 Å². The lowest BCUT2D eigenvalue weighted by Gasteiger charge is -2.26. The molecule has 1 heterocycles. The third kappa shape index (κ3) is 3.21. The fraction of sp³-hybridized carbons (Fsp3) is 0.438. The molecule has 0 unspecified atom stereocenters. The van der Waals surface area contributed by atoms with Gasteiger partial charge in [-0.1, -0.05) is 25.0 Å². The van der Waals surface area contributed by atoms with E-state index in [9.17, 15) is 18.0 Å². The average Bonchev–Trinajstić information content (AvgIpc) is 2.80. The standard InChI is InChI=1S/C16H16F3NO/c1-3-4-14(21)20-10-9-11(2)15(20)12-5-7-13(8-6-12)16(17,18)19/h5-8,11,15H,9-10H2,1-2H3/t11-,15+/m1/s1. The third-order valence-corrected chi connectivity index (χ3v) is 3.77. The quantitative estimate of drug-likeness (QED) is 0.724. The maximum atomic E-state index is 12.6. The molecule has 1 aliphatic heterocycles. The van der Waals surface area contributed by atoms with E-state index in [0.717, 1.165) is 24.1 Å². The van der Waals surface area contributed by atoms with Gasteiger partial charge in [0.15, 0.2) is 0 Å². The van der Waals surface area contributed by atoms with Crippen molar-refractivity contribution in [2.45, 2.75) is 32.5 Å². The van der Waals surface area contributed by atoms with Crippen LogP contribution in [-0.4, -0.2) is 17.4 Å². The van der Waals surface area contributed by atoms with Crippen LogP contribution in [0.1, 0.15) is 37.4 Å². The van der Waals surface area contributed by atoms with E-state index in [2.05, 4.69) is 11.8 Å². The fourth-order valence-electron chi connectivity index (χ4n) is 2.73. The summed E-state index contributed by atoms with van der Waals surface area (Å²) in [5.41, 5.74) is 0.0439. The predicted octanol–water partition coefficient (Wildman–Crippen LogP) is 3.64. The van der Waals surface area contributed by atoms with E-state index in [1.807, 2.05) is 6.92 Å². The Balaban J connectivity index is 2.29. The van der Waals surface area contributed by atoms with Gasteiger partial charge < -0.3 is 4.90 Å². The molecule has 1 aromatic carbocycles. The molecule has 0 aliphatic carbocycles. The van der Waals surface area contributed by atoms with E-state index in [4.69, 9.17) is 0 Å². The average molecular weight is 295 g/mol. The van der Waals surface area contributed by atoms with Gasteiger partial charge in [-0.05, 0) is 42.9 Å². The minimum absolute atomic E-state index is 0.198. The van der Waals surface area contributed by atoms with Gasteiger partial charge >= 0.3 is 6.18 Å². The molecule has 2 atom stereocenters. The van der Waals surface area contributed by atoms with E-state index >= 15 is 0 Å². The fourth-order valence-corrected chi connectivity index (χ4v) is 2.73. The van der Waals surface area contributed by atoms with Crippen LogP contribution in [0.5, 0.6) is 0 Å². The first-order valence-electron chi connectivity index (χ1n) is 6.75. The van der Waals surface area contributed by atoms with Crippen LogP contribution in [0.15, 0.2) is 24.3 Å². The second kappa shape index (κ2) is 5.80.